The SMILES string of the molecule is CC(=O)C1=C(O)[C@@H]2[C@H](CC[C@]3(C)[C@@H]([C@H](C)CCC(=O)O)CC[C@@H]23)[C@@]2(C)CCCC[C@@H]12. The Morgan fingerprint density at radius 2 is 1.73 bits per heavy atom. The van der Waals surface area contributed by atoms with Crippen LogP contribution in [-0.4, -0.2) is 22.0 Å². The molecule has 4 rings (SSSR count). The molecule has 0 unspecified atom stereocenters. The minimum absolute atomic E-state index is 0.0701. The summed E-state index contributed by atoms with van der Waals surface area (Å²) >= 11 is 0. The van der Waals surface area contributed by atoms with E-state index in [1.807, 2.05) is 0 Å². The molecule has 0 saturated heterocycles. The zero-order chi connectivity index (χ0) is 21.8. The van der Waals surface area contributed by atoms with E-state index in [-0.39, 0.29) is 34.9 Å². The molecule has 0 aliphatic heterocycles. The third-order valence-corrected chi connectivity index (χ3v) is 10.3. The van der Waals surface area contributed by atoms with Gasteiger partial charge in [0.1, 0.15) is 5.76 Å². The van der Waals surface area contributed by atoms with Gasteiger partial charge in [-0.2, -0.15) is 0 Å². The molecular formula is C26H40O4. The van der Waals surface area contributed by atoms with E-state index in [0.717, 1.165) is 44.1 Å². The van der Waals surface area contributed by atoms with Gasteiger partial charge in [-0.1, -0.05) is 33.6 Å². The normalized spacial score (nSPS) is 44.1. The van der Waals surface area contributed by atoms with E-state index in [9.17, 15) is 14.7 Å². The zero-order valence-corrected chi connectivity index (χ0v) is 19.2. The van der Waals surface area contributed by atoms with E-state index in [2.05, 4.69) is 20.8 Å². The largest absolute Gasteiger partial charge is 0.512 e. The Labute approximate surface area is 181 Å². The summed E-state index contributed by atoms with van der Waals surface area (Å²) in [6.45, 7) is 8.69. The van der Waals surface area contributed by atoms with Crippen LogP contribution in [0.2, 0.25) is 0 Å². The van der Waals surface area contributed by atoms with Gasteiger partial charge in [-0.15, -0.1) is 0 Å². The van der Waals surface area contributed by atoms with Gasteiger partial charge in [0.2, 0.25) is 0 Å². The molecule has 0 aromatic carbocycles. The molecule has 0 amide bonds. The number of carboxylic acids is 1. The molecule has 4 aliphatic carbocycles. The average molecular weight is 417 g/mol. The molecule has 3 fully saturated rings. The molecule has 0 spiro atoms. The van der Waals surface area contributed by atoms with E-state index in [4.69, 9.17) is 5.11 Å². The molecule has 4 aliphatic rings. The lowest BCUT2D eigenvalue weighted by atomic mass is 9.44. The van der Waals surface area contributed by atoms with Gasteiger partial charge in [-0.05, 0) is 92.3 Å². The maximum Gasteiger partial charge on any atom is 0.303 e. The third kappa shape index (κ3) is 3.15. The number of aliphatic hydroxyl groups excluding tert-OH is 1. The number of rotatable bonds is 5. The Morgan fingerprint density at radius 1 is 1.03 bits per heavy atom. The van der Waals surface area contributed by atoms with Crippen molar-refractivity contribution >= 4 is 11.8 Å². The molecule has 0 heterocycles. The first-order chi connectivity index (χ1) is 14.1. The molecule has 0 aromatic rings. The number of carbonyl (C=O) groups excluding carboxylic acids is 1. The third-order valence-electron chi connectivity index (χ3n) is 10.3. The first-order valence-corrected chi connectivity index (χ1v) is 12.3. The van der Waals surface area contributed by atoms with Gasteiger partial charge in [-0.25, -0.2) is 0 Å². The summed E-state index contributed by atoms with van der Waals surface area (Å²) in [7, 11) is 0. The molecule has 0 radical (unpaired) electrons. The average Bonchev–Trinajstić information content (AvgIpc) is 3.03. The van der Waals surface area contributed by atoms with Crippen LogP contribution in [0.15, 0.2) is 11.3 Å². The maximum atomic E-state index is 12.7. The Bertz CT molecular complexity index is 754. The predicted octanol–water partition coefficient (Wildman–Crippen LogP) is 6.16. The summed E-state index contributed by atoms with van der Waals surface area (Å²) in [6.07, 6.45) is 10.1. The van der Waals surface area contributed by atoms with Crippen molar-refractivity contribution in [2.75, 3.05) is 0 Å². The second kappa shape index (κ2) is 7.67. The highest BCUT2D eigenvalue weighted by Crippen LogP contribution is 2.69. The molecule has 4 nitrogen and oxygen atoms in total. The molecule has 168 valence electrons. The number of aliphatic carboxylic acids is 1. The number of carbonyl (C=O) groups is 2. The van der Waals surface area contributed by atoms with Gasteiger partial charge in [0.05, 0.1) is 0 Å². The lowest BCUT2D eigenvalue weighted by Gasteiger charge is -2.60. The van der Waals surface area contributed by atoms with Crippen LogP contribution < -0.4 is 0 Å². The zero-order valence-electron chi connectivity index (χ0n) is 19.2. The highest BCUT2D eigenvalue weighted by Gasteiger charge is 2.62. The van der Waals surface area contributed by atoms with E-state index in [1.165, 1.54) is 19.3 Å². The molecule has 3 saturated carbocycles. The number of aliphatic hydroxyl groups is 1. The van der Waals surface area contributed by atoms with Crippen molar-refractivity contribution in [3.05, 3.63) is 11.3 Å². The fourth-order valence-electron chi connectivity index (χ4n) is 8.85. The van der Waals surface area contributed by atoms with Crippen molar-refractivity contribution in [2.24, 2.45) is 46.3 Å². The number of hydrogen-bond acceptors (Lipinski definition) is 3. The fourth-order valence-corrected chi connectivity index (χ4v) is 8.85. The number of hydrogen-bond donors (Lipinski definition) is 2. The van der Waals surface area contributed by atoms with Gasteiger partial charge >= 0.3 is 5.97 Å². The van der Waals surface area contributed by atoms with Crippen LogP contribution in [0.1, 0.15) is 91.9 Å². The van der Waals surface area contributed by atoms with Crippen LogP contribution in [0.3, 0.4) is 0 Å². The van der Waals surface area contributed by atoms with Crippen molar-refractivity contribution < 1.29 is 19.8 Å². The van der Waals surface area contributed by atoms with Crippen molar-refractivity contribution in [1.82, 2.24) is 0 Å². The van der Waals surface area contributed by atoms with E-state index in [1.54, 1.807) is 6.92 Å². The Balaban J connectivity index is 1.70. The minimum Gasteiger partial charge on any atom is -0.512 e. The standard InChI is InChI=1S/C26H40O4/c1-15(8-11-21(28)29)17-9-10-19-23-20(12-14-26(17,19)4)25(3)13-6-5-7-18(25)22(16(2)27)24(23)30/h15,17-20,23,30H,5-14H2,1-4H3,(H,28,29)/t15-,17-,18+,19+,20+,23+,25+,26-/m1/s1. The fraction of sp³-hybridized carbons (Fsp3) is 0.846. The number of Topliss-reactive ketones (excluding diaryl/α,β-unsaturated/α-hetero) is 1. The molecular weight excluding hydrogens is 376 g/mol. The maximum absolute atomic E-state index is 12.7. The first kappa shape index (κ1) is 21.9. The van der Waals surface area contributed by atoms with Crippen molar-refractivity contribution in [3.8, 4) is 0 Å². The predicted molar refractivity (Wildman–Crippen MR) is 117 cm³/mol. The summed E-state index contributed by atoms with van der Waals surface area (Å²) in [6, 6.07) is 0. The molecule has 4 heteroatoms. The van der Waals surface area contributed by atoms with Crippen molar-refractivity contribution in [1.29, 1.82) is 0 Å². The highest BCUT2D eigenvalue weighted by atomic mass is 16.4. The number of carboxylic acid groups (broad SMARTS) is 1. The van der Waals surface area contributed by atoms with Crippen LogP contribution in [0.25, 0.3) is 0 Å². The van der Waals surface area contributed by atoms with Crippen LogP contribution in [-0.2, 0) is 9.59 Å². The highest BCUT2D eigenvalue weighted by molar-refractivity contribution is 5.94. The van der Waals surface area contributed by atoms with Crippen molar-refractivity contribution in [3.63, 3.8) is 0 Å². The Morgan fingerprint density at radius 3 is 2.40 bits per heavy atom. The minimum atomic E-state index is -0.708. The monoisotopic (exact) mass is 416 g/mol. The molecule has 8 atom stereocenters. The van der Waals surface area contributed by atoms with Crippen LogP contribution in [0, 0.1) is 46.3 Å². The quantitative estimate of drug-likeness (QED) is 0.563. The van der Waals surface area contributed by atoms with Gasteiger partial charge in [-0.3, -0.25) is 9.59 Å². The lowest BCUT2D eigenvalue weighted by Crippen LogP contribution is -2.54. The topological polar surface area (TPSA) is 74.6 Å². The smallest absolute Gasteiger partial charge is 0.303 e. The summed E-state index contributed by atoms with van der Waals surface area (Å²) in [5.41, 5.74) is 1.02. The Hall–Kier alpha value is -1.32. The number of fused-ring (bicyclic) bond motifs is 5. The molecule has 0 aromatic heterocycles. The number of ketones is 1. The van der Waals surface area contributed by atoms with Gasteiger partial charge < -0.3 is 10.2 Å². The molecule has 2 N–H and O–H groups in total. The van der Waals surface area contributed by atoms with E-state index >= 15 is 0 Å². The summed E-state index contributed by atoms with van der Waals surface area (Å²) in [5.74, 6) is 1.90. The van der Waals surface area contributed by atoms with Crippen molar-refractivity contribution in [2.45, 2.75) is 91.9 Å². The van der Waals surface area contributed by atoms with Crippen LogP contribution >= 0.6 is 0 Å². The molecule has 30 heavy (non-hydrogen) atoms. The summed E-state index contributed by atoms with van der Waals surface area (Å²) in [4.78, 5) is 23.8. The molecule has 0 bridgehead atoms. The second-order valence-corrected chi connectivity index (χ2v) is 11.5. The van der Waals surface area contributed by atoms with Gasteiger partial charge in [0, 0.05) is 17.9 Å². The van der Waals surface area contributed by atoms with Gasteiger partial charge in [0.15, 0.2) is 5.78 Å². The van der Waals surface area contributed by atoms with Crippen LogP contribution in [0.5, 0.6) is 0 Å². The summed E-state index contributed by atoms with van der Waals surface area (Å²) < 4.78 is 0. The second-order valence-electron chi connectivity index (χ2n) is 11.5. The van der Waals surface area contributed by atoms with Gasteiger partial charge in [0.25, 0.3) is 0 Å². The Kier molecular flexibility index (Phi) is 5.60. The first-order valence-electron chi connectivity index (χ1n) is 12.3. The summed E-state index contributed by atoms with van der Waals surface area (Å²) in [5, 5.41) is 20.7. The van der Waals surface area contributed by atoms with E-state index in [0.29, 0.717) is 29.4 Å². The van der Waals surface area contributed by atoms with Crippen LogP contribution in [0.4, 0.5) is 0 Å². The van der Waals surface area contributed by atoms with E-state index < -0.39 is 5.97 Å². The lowest BCUT2D eigenvalue weighted by molar-refractivity contribution is -0.137. The number of allylic oxidation sites excluding steroid dienone is 2.